The number of nitrogens with zero attached hydrogens (tertiary/aromatic N) is 3. The van der Waals surface area contributed by atoms with Crippen molar-refractivity contribution in [3.05, 3.63) is 24.0 Å². The first-order chi connectivity index (χ1) is 9.34. The Morgan fingerprint density at radius 3 is 2.79 bits per heavy atom. The summed E-state index contributed by atoms with van der Waals surface area (Å²) >= 11 is 0. The van der Waals surface area contributed by atoms with Crippen LogP contribution in [0, 0.1) is 11.3 Å². The first-order valence-electron chi connectivity index (χ1n) is 7.19. The van der Waals surface area contributed by atoms with Gasteiger partial charge in [0.05, 0.1) is 17.4 Å². The minimum absolute atomic E-state index is 0.270. The minimum Gasteiger partial charge on any atom is -0.362 e. The fourth-order valence-corrected chi connectivity index (χ4v) is 3.52. The van der Waals surface area contributed by atoms with Crippen LogP contribution in [0.5, 0.6) is 0 Å². The highest BCUT2D eigenvalue weighted by atomic mass is 15.3. The number of anilines is 1. The van der Waals surface area contributed by atoms with Gasteiger partial charge in [-0.2, -0.15) is 5.26 Å². The summed E-state index contributed by atoms with van der Waals surface area (Å²) in [5, 5.41) is 12.4. The molecule has 0 bridgehead atoms. The van der Waals surface area contributed by atoms with Gasteiger partial charge in [-0.3, -0.25) is 0 Å². The Kier molecular flexibility index (Phi) is 3.39. The van der Waals surface area contributed by atoms with E-state index < -0.39 is 0 Å². The van der Waals surface area contributed by atoms with Crippen LogP contribution in [-0.4, -0.2) is 30.2 Å². The highest BCUT2D eigenvalue weighted by molar-refractivity contribution is 5.49. The fourth-order valence-electron chi connectivity index (χ4n) is 3.52. The molecule has 1 saturated carbocycles. The van der Waals surface area contributed by atoms with Crippen LogP contribution in [0.25, 0.3) is 0 Å². The Balaban J connectivity index is 1.89. The van der Waals surface area contributed by atoms with Crippen LogP contribution in [0.15, 0.2) is 18.3 Å². The fraction of sp³-hybridized carbons (Fsp3) is 0.600. The van der Waals surface area contributed by atoms with E-state index in [1.54, 1.807) is 0 Å². The van der Waals surface area contributed by atoms with Gasteiger partial charge in [0, 0.05) is 19.6 Å². The molecule has 3 rings (SSSR count). The molecule has 1 aliphatic heterocycles. The zero-order chi connectivity index (χ0) is 13.1. The number of piperazine rings is 1. The van der Waals surface area contributed by atoms with Gasteiger partial charge in [0.25, 0.3) is 0 Å². The van der Waals surface area contributed by atoms with E-state index in [4.69, 9.17) is 5.26 Å². The van der Waals surface area contributed by atoms with Crippen molar-refractivity contribution in [2.45, 2.75) is 37.6 Å². The van der Waals surface area contributed by atoms with Gasteiger partial charge in [-0.1, -0.05) is 19.3 Å². The van der Waals surface area contributed by atoms with Gasteiger partial charge >= 0.3 is 0 Å². The summed E-state index contributed by atoms with van der Waals surface area (Å²) in [6, 6.07) is 5.96. The van der Waals surface area contributed by atoms with Crippen LogP contribution in [0.2, 0.25) is 0 Å². The van der Waals surface area contributed by atoms with Gasteiger partial charge in [-0.05, 0) is 25.0 Å². The van der Waals surface area contributed by atoms with Crippen molar-refractivity contribution < 1.29 is 0 Å². The third-order valence-corrected chi connectivity index (χ3v) is 4.50. The van der Waals surface area contributed by atoms with Crippen LogP contribution in [0.4, 0.5) is 5.69 Å². The SMILES string of the molecule is N#Cc1ccc(N2CCNCC23CCCCC3)cn1. The number of aromatic nitrogens is 1. The maximum atomic E-state index is 8.84. The molecule has 4 nitrogen and oxygen atoms in total. The lowest BCUT2D eigenvalue weighted by atomic mass is 9.79. The number of nitrogens with one attached hydrogen (secondary N) is 1. The van der Waals surface area contributed by atoms with Crippen LogP contribution in [0.3, 0.4) is 0 Å². The zero-order valence-electron chi connectivity index (χ0n) is 11.2. The molecule has 0 radical (unpaired) electrons. The Morgan fingerprint density at radius 2 is 2.11 bits per heavy atom. The van der Waals surface area contributed by atoms with Crippen molar-refractivity contribution in [2.75, 3.05) is 24.5 Å². The van der Waals surface area contributed by atoms with Gasteiger partial charge in [-0.25, -0.2) is 4.98 Å². The molecule has 1 spiro atoms. The molecule has 100 valence electrons. The summed E-state index contributed by atoms with van der Waals surface area (Å²) < 4.78 is 0. The predicted octanol–water partition coefficient (Wildman–Crippen LogP) is 2.07. The van der Waals surface area contributed by atoms with Crippen molar-refractivity contribution in [2.24, 2.45) is 0 Å². The van der Waals surface area contributed by atoms with Crippen molar-refractivity contribution in [1.29, 1.82) is 5.26 Å². The second-order valence-corrected chi connectivity index (χ2v) is 5.63. The summed E-state index contributed by atoms with van der Waals surface area (Å²) in [6.45, 7) is 3.14. The first kappa shape index (κ1) is 12.4. The van der Waals surface area contributed by atoms with Gasteiger partial charge in [-0.15, -0.1) is 0 Å². The van der Waals surface area contributed by atoms with E-state index in [2.05, 4.69) is 21.3 Å². The lowest BCUT2D eigenvalue weighted by molar-refractivity contribution is 0.241. The highest BCUT2D eigenvalue weighted by Crippen LogP contribution is 2.37. The van der Waals surface area contributed by atoms with Gasteiger partial charge < -0.3 is 10.2 Å². The average molecular weight is 256 g/mol. The maximum absolute atomic E-state index is 8.84. The summed E-state index contributed by atoms with van der Waals surface area (Å²) in [6.07, 6.45) is 8.39. The third kappa shape index (κ3) is 2.31. The smallest absolute Gasteiger partial charge is 0.140 e. The van der Waals surface area contributed by atoms with Gasteiger partial charge in [0.2, 0.25) is 0 Å². The number of hydrogen-bond acceptors (Lipinski definition) is 4. The molecule has 1 aromatic heterocycles. The first-order valence-corrected chi connectivity index (χ1v) is 7.19. The summed E-state index contributed by atoms with van der Waals surface area (Å²) in [5.41, 5.74) is 1.94. The largest absolute Gasteiger partial charge is 0.362 e. The van der Waals surface area contributed by atoms with E-state index in [0.717, 1.165) is 19.6 Å². The number of rotatable bonds is 1. The molecule has 0 unspecified atom stereocenters. The number of hydrogen-bond donors (Lipinski definition) is 1. The molecule has 19 heavy (non-hydrogen) atoms. The maximum Gasteiger partial charge on any atom is 0.140 e. The summed E-state index contributed by atoms with van der Waals surface area (Å²) in [4.78, 5) is 6.75. The average Bonchev–Trinajstić information content (AvgIpc) is 2.49. The van der Waals surface area contributed by atoms with Crippen molar-refractivity contribution in [3.8, 4) is 6.07 Å². The lowest BCUT2D eigenvalue weighted by Gasteiger charge is -2.51. The summed E-state index contributed by atoms with van der Waals surface area (Å²) in [5.74, 6) is 0. The molecule has 2 heterocycles. The third-order valence-electron chi connectivity index (χ3n) is 4.50. The molecule has 2 fully saturated rings. The minimum atomic E-state index is 0.270. The Labute approximate surface area is 114 Å². The lowest BCUT2D eigenvalue weighted by Crippen LogP contribution is -2.62. The topological polar surface area (TPSA) is 52.0 Å². The number of nitriles is 1. The van der Waals surface area contributed by atoms with Crippen molar-refractivity contribution in [1.82, 2.24) is 10.3 Å². The number of pyridine rings is 1. The molecule has 4 heteroatoms. The Morgan fingerprint density at radius 1 is 1.26 bits per heavy atom. The van der Waals surface area contributed by atoms with E-state index in [9.17, 15) is 0 Å². The molecular weight excluding hydrogens is 236 g/mol. The normalized spacial score (nSPS) is 22.2. The van der Waals surface area contributed by atoms with Crippen LogP contribution < -0.4 is 10.2 Å². The molecule has 0 atom stereocenters. The Hall–Kier alpha value is -1.60. The van der Waals surface area contributed by atoms with Crippen LogP contribution >= 0.6 is 0 Å². The monoisotopic (exact) mass is 256 g/mol. The van der Waals surface area contributed by atoms with Crippen LogP contribution in [0.1, 0.15) is 37.8 Å². The Bertz CT molecular complexity index is 460. The van der Waals surface area contributed by atoms with E-state index in [0.29, 0.717) is 5.69 Å². The molecule has 0 amide bonds. The van der Waals surface area contributed by atoms with Crippen molar-refractivity contribution in [3.63, 3.8) is 0 Å². The molecule has 0 aromatic carbocycles. The zero-order valence-corrected chi connectivity index (χ0v) is 11.2. The molecule has 1 saturated heterocycles. The quantitative estimate of drug-likeness (QED) is 0.835. The highest BCUT2D eigenvalue weighted by Gasteiger charge is 2.39. The molecule has 1 N–H and O–H groups in total. The van der Waals surface area contributed by atoms with Gasteiger partial charge in [0.1, 0.15) is 11.8 Å². The van der Waals surface area contributed by atoms with E-state index >= 15 is 0 Å². The second kappa shape index (κ2) is 5.18. The molecular formula is C15H20N4. The van der Waals surface area contributed by atoms with E-state index in [1.165, 1.54) is 37.8 Å². The van der Waals surface area contributed by atoms with Gasteiger partial charge in [0.15, 0.2) is 0 Å². The van der Waals surface area contributed by atoms with E-state index in [-0.39, 0.29) is 5.54 Å². The predicted molar refractivity (Wildman–Crippen MR) is 75.0 cm³/mol. The van der Waals surface area contributed by atoms with Crippen molar-refractivity contribution >= 4 is 5.69 Å². The van der Waals surface area contributed by atoms with E-state index in [1.807, 2.05) is 18.3 Å². The molecule has 1 aliphatic carbocycles. The molecule has 2 aliphatic rings. The summed E-state index contributed by atoms with van der Waals surface area (Å²) in [7, 11) is 0. The standard InChI is InChI=1S/C15H20N4/c16-10-13-4-5-14(11-18-13)19-9-8-17-12-15(19)6-2-1-3-7-15/h4-5,11,17H,1-3,6-9,12H2. The van der Waals surface area contributed by atoms with Crippen LogP contribution in [-0.2, 0) is 0 Å². The molecule has 1 aromatic rings. The second-order valence-electron chi connectivity index (χ2n) is 5.63.